The Hall–Kier alpha value is -0.980. The van der Waals surface area contributed by atoms with Crippen LogP contribution in [0.25, 0.3) is 16.7 Å². The van der Waals surface area contributed by atoms with Crippen molar-refractivity contribution in [1.29, 1.82) is 0 Å². The Bertz CT molecular complexity index is 883. The van der Waals surface area contributed by atoms with E-state index in [1.165, 1.54) is 6.07 Å². The van der Waals surface area contributed by atoms with Gasteiger partial charge in [0.05, 0.1) is 21.2 Å². The first-order chi connectivity index (χ1) is 9.47. The molecule has 0 saturated carbocycles. The Morgan fingerprint density at radius 1 is 1.20 bits per heavy atom. The third-order valence-corrected chi connectivity index (χ3v) is 4.52. The summed E-state index contributed by atoms with van der Waals surface area (Å²) in [5.41, 5.74) is 3.51. The van der Waals surface area contributed by atoms with Crippen LogP contribution in [-0.4, -0.2) is 9.55 Å². The molecule has 2 aromatic carbocycles. The van der Waals surface area contributed by atoms with E-state index in [1.807, 2.05) is 29.7 Å². The molecule has 20 heavy (non-hydrogen) atoms. The van der Waals surface area contributed by atoms with Crippen molar-refractivity contribution in [3.63, 3.8) is 0 Å². The summed E-state index contributed by atoms with van der Waals surface area (Å²) in [5, 5.41) is 0. The Morgan fingerprint density at radius 3 is 2.70 bits per heavy atom. The van der Waals surface area contributed by atoms with Crippen LogP contribution >= 0.6 is 44.1 Å². The maximum atomic E-state index is 13.8. The van der Waals surface area contributed by atoms with Crippen molar-refractivity contribution in [3.05, 3.63) is 55.4 Å². The quantitative estimate of drug-likeness (QED) is 0.508. The molecule has 0 radical (unpaired) electrons. The number of hydrogen-bond acceptors (Lipinski definition) is 1. The van der Waals surface area contributed by atoms with Crippen molar-refractivity contribution < 1.29 is 4.39 Å². The molecule has 0 fully saturated rings. The molecule has 0 atom stereocenters. The van der Waals surface area contributed by atoms with E-state index in [1.54, 1.807) is 6.07 Å². The Labute approximate surface area is 136 Å². The van der Waals surface area contributed by atoms with E-state index in [9.17, 15) is 4.39 Å². The van der Waals surface area contributed by atoms with Crippen LogP contribution in [0.15, 0.2) is 39.3 Å². The zero-order valence-electron chi connectivity index (χ0n) is 10.4. The van der Waals surface area contributed by atoms with Gasteiger partial charge in [-0.05, 0) is 58.8 Å². The van der Waals surface area contributed by atoms with Crippen LogP contribution in [0.5, 0.6) is 0 Å². The van der Waals surface area contributed by atoms with E-state index in [4.69, 9.17) is 12.2 Å². The summed E-state index contributed by atoms with van der Waals surface area (Å²) < 4.78 is 17.6. The maximum Gasteiger partial charge on any atom is 0.182 e. The van der Waals surface area contributed by atoms with Gasteiger partial charge in [-0.25, -0.2) is 4.39 Å². The summed E-state index contributed by atoms with van der Waals surface area (Å²) in [7, 11) is 0. The van der Waals surface area contributed by atoms with Gasteiger partial charge in [-0.3, -0.25) is 4.57 Å². The van der Waals surface area contributed by atoms with E-state index in [0.717, 1.165) is 26.8 Å². The lowest BCUT2D eigenvalue weighted by Crippen LogP contribution is -1.97. The lowest BCUT2D eigenvalue weighted by Gasteiger charge is -2.09. The molecule has 0 unspecified atom stereocenters. The number of imidazole rings is 1. The molecular weight excluding hydrogens is 407 g/mol. The van der Waals surface area contributed by atoms with E-state index in [-0.39, 0.29) is 5.82 Å². The first-order valence-electron chi connectivity index (χ1n) is 5.83. The molecule has 1 heterocycles. The minimum absolute atomic E-state index is 0.312. The average Bonchev–Trinajstić information content (AvgIpc) is 2.69. The van der Waals surface area contributed by atoms with Crippen molar-refractivity contribution in [2.75, 3.05) is 0 Å². The fourth-order valence-electron chi connectivity index (χ4n) is 2.16. The van der Waals surface area contributed by atoms with Crippen molar-refractivity contribution in [1.82, 2.24) is 9.55 Å². The summed E-state index contributed by atoms with van der Waals surface area (Å²) in [4.78, 5) is 3.11. The van der Waals surface area contributed by atoms with Crippen LogP contribution in [0.2, 0.25) is 0 Å². The number of fused-ring (bicyclic) bond motifs is 1. The summed E-state index contributed by atoms with van der Waals surface area (Å²) in [6.07, 6.45) is 0. The van der Waals surface area contributed by atoms with Crippen LogP contribution in [0.3, 0.4) is 0 Å². The van der Waals surface area contributed by atoms with Crippen molar-refractivity contribution in [2.45, 2.75) is 6.92 Å². The highest BCUT2D eigenvalue weighted by Crippen LogP contribution is 2.28. The number of aromatic amines is 1. The van der Waals surface area contributed by atoms with Gasteiger partial charge in [0, 0.05) is 10.5 Å². The van der Waals surface area contributed by atoms with Gasteiger partial charge in [0.2, 0.25) is 0 Å². The number of aromatic nitrogens is 2. The second kappa shape index (κ2) is 5.09. The molecule has 0 aliphatic rings. The number of nitrogens with zero attached hydrogens (tertiary/aromatic N) is 1. The molecule has 1 N–H and O–H groups in total. The minimum Gasteiger partial charge on any atom is -0.330 e. The number of halogens is 3. The van der Waals surface area contributed by atoms with Gasteiger partial charge in [-0.2, -0.15) is 0 Å². The predicted molar refractivity (Wildman–Crippen MR) is 88.6 cm³/mol. The van der Waals surface area contributed by atoms with Crippen LogP contribution in [0, 0.1) is 17.5 Å². The van der Waals surface area contributed by atoms with Crippen molar-refractivity contribution in [2.24, 2.45) is 0 Å². The van der Waals surface area contributed by atoms with Crippen molar-refractivity contribution >= 4 is 55.1 Å². The molecule has 0 amide bonds. The van der Waals surface area contributed by atoms with Gasteiger partial charge in [0.15, 0.2) is 4.77 Å². The molecule has 3 aromatic rings. The molecule has 1 aromatic heterocycles. The number of hydrogen-bond donors (Lipinski definition) is 1. The smallest absolute Gasteiger partial charge is 0.182 e. The zero-order chi connectivity index (χ0) is 14.4. The minimum atomic E-state index is -0.312. The third kappa shape index (κ3) is 2.25. The number of nitrogens with one attached hydrogen (secondary N) is 1. The molecule has 3 rings (SSSR count). The molecular formula is C14H9Br2FN2S. The van der Waals surface area contributed by atoms with Gasteiger partial charge >= 0.3 is 0 Å². The number of H-pyrrole nitrogens is 1. The van der Waals surface area contributed by atoms with Crippen molar-refractivity contribution in [3.8, 4) is 5.69 Å². The maximum absolute atomic E-state index is 13.8. The molecule has 0 bridgehead atoms. The lowest BCUT2D eigenvalue weighted by atomic mass is 10.2. The topological polar surface area (TPSA) is 20.7 Å². The molecule has 0 aliphatic heterocycles. The normalized spacial score (nSPS) is 11.2. The van der Waals surface area contributed by atoms with Gasteiger partial charge in [0.25, 0.3) is 0 Å². The van der Waals surface area contributed by atoms with Crippen LogP contribution in [0.1, 0.15) is 5.56 Å². The van der Waals surface area contributed by atoms with E-state index in [2.05, 4.69) is 36.8 Å². The second-order valence-corrected chi connectivity index (χ2v) is 6.64. The molecule has 0 saturated heterocycles. The monoisotopic (exact) mass is 414 g/mol. The van der Waals surface area contributed by atoms with Crippen LogP contribution in [0.4, 0.5) is 4.39 Å². The molecule has 102 valence electrons. The standard InChI is InChI=1S/C14H9Br2FN2S/c1-7-2-3-8(15)4-12(7)19-13-6-10(17)9(16)5-11(13)18-14(19)20/h2-6H,1H3,(H,18,20). The largest absolute Gasteiger partial charge is 0.330 e. The fourth-order valence-corrected chi connectivity index (χ4v) is 3.16. The molecule has 2 nitrogen and oxygen atoms in total. The van der Waals surface area contributed by atoms with E-state index in [0.29, 0.717) is 9.24 Å². The summed E-state index contributed by atoms with van der Waals surface area (Å²) in [5.74, 6) is -0.312. The van der Waals surface area contributed by atoms with Gasteiger partial charge in [0.1, 0.15) is 5.82 Å². The van der Waals surface area contributed by atoms with Crippen LogP contribution < -0.4 is 0 Å². The van der Waals surface area contributed by atoms with Crippen LogP contribution in [-0.2, 0) is 0 Å². The zero-order valence-corrected chi connectivity index (χ0v) is 14.4. The summed E-state index contributed by atoms with van der Waals surface area (Å²) in [6, 6.07) is 9.11. The number of rotatable bonds is 1. The third-order valence-electron chi connectivity index (χ3n) is 3.14. The highest BCUT2D eigenvalue weighted by atomic mass is 79.9. The highest BCUT2D eigenvalue weighted by molar-refractivity contribution is 9.10. The Kier molecular flexibility index (Phi) is 3.56. The van der Waals surface area contributed by atoms with E-state index >= 15 is 0 Å². The predicted octanol–water partition coefficient (Wildman–Crippen LogP) is 5.66. The molecule has 0 aliphatic carbocycles. The summed E-state index contributed by atoms with van der Waals surface area (Å²) >= 11 is 12.0. The summed E-state index contributed by atoms with van der Waals surface area (Å²) in [6.45, 7) is 2.00. The first kappa shape index (κ1) is 14.0. The van der Waals surface area contributed by atoms with E-state index < -0.39 is 0 Å². The highest BCUT2D eigenvalue weighted by Gasteiger charge is 2.12. The number of benzene rings is 2. The first-order valence-corrected chi connectivity index (χ1v) is 7.83. The van der Waals surface area contributed by atoms with Gasteiger partial charge in [-0.15, -0.1) is 0 Å². The van der Waals surface area contributed by atoms with Gasteiger partial charge < -0.3 is 4.98 Å². The average molecular weight is 416 g/mol. The molecule has 6 heteroatoms. The lowest BCUT2D eigenvalue weighted by molar-refractivity contribution is 0.622. The SMILES string of the molecule is Cc1ccc(Br)cc1-n1c(=S)[nH]c2cc(Br)c(F)cc21. The van der Waals surface area contributed by atoms with Gasteiger partial charge in [-0.1, -0.05) is 22.0 Å². The fraction of sp³-hybridized carbons (Fsp3) is 0.0714. The second-order valence-electron chi connectivity index (χ2n) is 4.48. The number of aryl methyl sites for hydroxylation is 1. The Morgan fingerprint density at radius 2 is 1.95 bits per heavy atom. The molecule has 0 spiro atoms. The Balaban J connectivity index is 2.42.